The number of aromatic amines is 1. The van der Waals surface area contributed by atoms with Crippen LogP contribution in [-0.4, -0.2) is 44.7 Å². The lowest BCUT2D eigenvalue weighted by Crippen LogP contribution is -2.16. The minimum atomic E-state index is -0.811. The number of aliphatic hydroxyl groups is 2. The molecule has 0 fully saturated rings. The summed E-state index contributed by atoms with van der Waals surface area (Å²) < 4.78 is 5.42. The number of aliphatic hydroxyl groups excluding tert-OH is 2. The molecule has 3 N–H and O–H groups in total. The number of nitrogens with zero attached hydrogens (tertiary/aromatic N) is 2. The van der Waals surface area contributed by atoms with E-state index in [1.807, 2.05) is 0 Å². The van der Waals surface area contributed by atoms with Crippen LogP contribution in [0.3, 0.4) is 0 Å². The Bertz CT molecular complexity index is 584. The summed E-state index contributed by atoms with van der Waals surface area (Å²) in [5.74, 6) is 0.427. The first-order valence-electron chi connectivity index (χ1n) is 5.48. The standard InChI is InChI=1S/C11H13N3O4/c15-6-7(16)4-5-18-9-3-1-2-8-10(9)12-11(17)14-13-8/h1-3,7,15-16H,4-6H2,(H,12,14,17). The summed E-state index contributed by atoms with van der Waals surface area (Å²) in [7, 11) is 0. The third-order valence-corrected chi connectivity index (χ3v) is 2.38. The van der Waals surface area contributed by atoms with E-state index in [-0.39, 0.29) is 13.2 Å². The fourth-order valence-corrected chi connectivity index (χ4v) is 1.46. The zero-order valence-electron chi connectivity index (χ0n) is 9.54. The SMILES string of the molecule is O=c1nc2c(OCCC(O)CO)cccc2n[nH]1. The first-order chi connectivity index (χ1) is 8.70. The molecule has 0 radical (unpaired) electrons. The van der Waals surface area contributed by atoms with Gasteiger partial charge in [-0.2, -0.15) is 10.1 Å². The van der Waals surface area contributed by atoms with Crippen LogP contribution in [0.4, 0.5) is 0 Å². The molecule has 2 aromatic rings. The Morgan fingerprint density at radius 3 is 3.06 bits per heavy atom. The van der Waals surface area contributed by atoms with E-state index in [0.29, 0.717) is 23.2 Å². The molecule has 2 rings (SSSR count). The van der Waals surface area contributed by atoms with Crippen molar-refractivity contribution >= 4 is 11.0 Å². The Balaban J connectivity index is 2.17. The molecule has 1 heterocycles. The fourth-order valence-electron chi connectivity index (χ4n) is 1.46. The molecule has 18 heavy (non-hydrogen) atoms. The van der Waals surface area contributed by atoms with Gasteiger partial charge in [0.15, 0.2) is 0 Å². The molecule has 0 amide bonds. The Kier molecular flexibility index (Phi) is 3.85. The molecule has 0 aliphatic rings. The number of rotatable bonds is 5. The lowest BCUT2D eigenvalue weighted by Gasteiger charge is -2.09. The molecule has 0 saturated heterocycles. The highest BCUT2D eigenvalue weighted by atomic mass is 16.5. The quantitative estimate of drug-likeness (QED) is 0.657. The maximum atomic E-state index is 11.1. The Labute approximate surface area is 102 Å². The summed E-state index contributed by atoms with van der Waals surface area (Å²) in [6.07, 6.45) is -0.516. The van der Waals surface area contributed by atoms with Crippen LogP contribution < -0.4 is 10.4 Å². The van der Waals surface area contributed by atoms with Gasteiger partial charge in [0.05, 0.1) is 19.3 Å². The Morgan fingerprint density at radius 2 is 2.28 bits per heavy atom. The average molecular weight is 251 g/mol. The smallest absolute Gasteiger partial charge is 0.362 e. The van der Waals surface area contributed by atoms with Crippen LogP contribution in [0, 0.1) is 0 Å². The number of hydrogen-bond donors (Lipinski definition) is 3. The molecule has 7 nitrogen and oxygen atoms in total. The van der Waals surface area contributed by atoms with Gasteiger partial charge in [0.1, 0.15) is 16.8 Å². The third-order valence-electron chi connectivity index (χ3n) is 2.38. The average Bonchev–Trinajstić information content (AvgIpc) is 2.39. The molecule has 1 unspecified atom stereocenters. The highest BCUT2D eigenvalue weighted by Gasteiger charge is 2.07. The van der Waals surface area contributed by atoms with E-state index >= 15 is 0 Å². The van der Waals surface area contributed by atoms with Crippen LogP contribution in [0.1, 0.15) is 6.42 Å². The molecule has 0 aliphatic heterocycles. The van der Waals surface area contributed by atoms with E-state index in [4.69, 9.17) is 9.84 Å². The molecular formula is C11H13N3O4. The molecule has 1 aromatic heterocycles. The van der Waals surface area contributed by atoms with Gasteiger partial charge in [-0.15, -0.1) is 0 Å². The van der Waals surface area contributed by atoms with Gasteiger partial charge in [-0.05, 0) is 12.1 Å². The second-order valence-corrected chi connectivity index (χ2v) is 3.74. The largest absolute Gasteiger partial charge is 0.491 e. The molecule has 0 saturated carbocycles. The zero-order valence-corrected chi connectivity index (χ0v) is 9.54. The van der Waals surface area contributed by atoms with Gasteiger partial charge in [0.25, 0.3) is 0 Å². The molecule has 0 bridgehead atoms. The Morgan fingerprint density at radius 1 is 1.44 bits per heavy atom. The summed E-state index contributed by atoms with van der Waals surface area (Å²) in [4.78, 5) is 14.9. The van der Waals surface area contributed by atoms with E-state index < -0.39 is 11.8 Å². The van der Waals surface area contributed by atoms with Crippen molar-refractivity contribution in [3.8, 4) is 5.75 Å². The van der Waals surface area contributed by atoms with Crippen LogP contribution in [0.15, 0.2) is 23.0 Å². The number of para-hydroxylation sites is 1. The van der Waals surface area contributed by atoms with Gasteiger partial charge in [-0.3, -0.25) is 0 Å². The number of fused-ring (bicyclic) bond motifs is 1. The van der Waals surface area contributed by atoms with Crippen LogP contribution in [0.2, 0.25) is 0 Å². The minimum Gasteiger partial charge on any atom is -0.491 e. The van der Waals surface area contributed by atoms with Crippen molar-refractivity contribution in [1.82, 2.24) is 15.2 Å². The third kappa shape index (κ3) is 2.82. The van der Waals surface area contributed by atoms with Crippen molar-refractivity contribution in [2.24, 2.45) is 0 Å². The lowest BCUT2D eigenvalue weighted by molar-refractivity contribution is 0.0755. The van der Waals surface area contributed by atoms with Crippen molar-refractivity contribution in [2.75, 3.05) is 13.2 Å². The van der Waals surface area contributed by atoms with Crippen molar-refractivity contribution in [3.63, 3.8) is 0 Å². The van der Waals surface area contributed by atoms with Crippen LogP contribution in [0.5, 0.6) is 5.75 Å². The van der Waals surface area contributed by atoms with Crippen molar-refractivity contribution in [1.29, 1.82) is 0 Å². The normalized spacial score (nSPS) is 12.6. The molecule has 0 aliphatic carbocycles. The molecule has 1 aromatic carbocycles. The van der Waals surface area contributed by atoms with Gasteiger partial charge in [0.2, 0.25) is 0 Å². The molecule has 96 valence electrons. The highest BCUT2D eigenvalue weighted by Crippen LogP contribution is 2.20. The van der Waals surface area contributed by atoms with Gasteiger partial charge in [-0.1, -0.05) is 6.07 Å². The highest BCUT2D eigenvalue weighted by molar-refractivity contribution is 5.79. The number of ether oxygens (including phenoxy) is 1. The topological polar surface area (TPSA) is 108 Å². The first-order valence-corrected chi connectivity index (χ1v) is 5.48. The van der Waals surface area contributed by atoms with E-state index in [0.717, 1.165) is 0 Å². The summed E-state index contributed by atoms with van der Waals surface area (Å²) in [6, 6.07) is 5.10. The van der Waals surface area contributed by atoms with E-state index in [9.17, 15) is 9.90 Å². The predicted octanol–water partition coefficient (Wildman–Crippen LogP) is -0.560. The Hall–Kier alpha value is -1.99. The number of nitrogens with one attached hydrogen (secondary N) is 1. The first kappa shape index (κ1) is 12.5. The molecule has 1 atom stereocenters. The lowest BCUT2D eigenvalue weighted by atomic mass is 10.2. The van der Waals surface area contributed by atoms with Crippen molar-refractivity contribution in [2.45, 2.75) is 12.5 Å². The second-order valence-electron chi connectivity index (χ2n) is 3.74. The second kappa shape index (κ2) is 5.56. The minimum absolute atomic E-state index is 0.218. The van der Waals surface area contributed by atoms with E-state index in [2.05, 4.69) is 15.2 Å². The maximum absolute atomic E-state index is 11.1. The number of hydrogen-bond acceptors (Lipinski definition) is 6. The van der Waals surface area contributed by atoms with Crippen LogP contribution in [0.25, 0.3) is 11.0 Å². The molecule has 7 heteroatoms. The summed E-state index contributed by atoms with van der Waals surface area (Å²) in [5, 5.41) is 23.9. The number of benzene rings is 1. The van der Waals surface area contributed by atoms with Gasteiger partial charge >= 0.3 is 5.69 Å². The number of H-pyrrole nitrogens is 1. The van der Waals surface area contributed by atoms with Gasteiger partial charge < -0.3 is 14.9 Å². The predicted molar refractivity (Wildman–Crippen MR) is 63.4 cm³/mol. The van der Waals surface area contributed by atoms with E-state index in [1.165, 1.54) is 0 Å². The summed E-state index contributed by atoms with van der Waals surface area (Å²) in [5.41, 5.74) is 0.350. The van der Waals surface area contributed by atoms with Crippen LogP contribution >= 0.6 is 0 Å². The van der Waals surface area contributed by atoms with Crippen molar-refractivity contribution in [3.05, 3.63) is 28.7 Å². The van der Waals surface area contributed by atoms with Gasteiger partial charge in [-0.25, -0.2) is 9.89 Å². The van der Waals surface area contributed by atoms with Crippen LogP contribution in [-0.2, 0) is 0 Å². The zero-order chi connectivity index (χ0) is 13.0. The monoisotopic (exact) mass is 251 g/mol. The van der Waals surface area contributed by atoms with Crippen molar-refractivity contribution < 1.29 is 14.9 Å². The fraction of sp³-hybridized carbons (Fsp3) is 0.364. The summed E-state index contributed by atoms with van der Waals surface area (Å²) >= 11 is 0. The van der Waals surface area contributed by atoms with Gasteiger partial charge in [0, 0.05) is 6.42 Å². The maximum Gasteiger partial charge on any atom is 0.362 e. The number of aromatic nitrogens is 3. The van der Waals surface area contributed by atoms with E-state index in [1.54, 1.807) is 18.2 Å². The molecular weight excluding hydrogens is 238 g/mol. The molecule has 0 spiro atoms. The summed E-state index contributed by atoms with van der Waals surface area (Å²) in [6.45, 7) is -0.0896.